The molecule has 1 aromatic heterocycles. The zero-order valence-electron chi connectivity index (χ0n) is 16.0. The fourth-order valence-corrected chi connectivity index (χ4v) is 5.56. The fourth-order valence-electron chi connectivity index (χ4n) is 5.56. The van der Waals surface area contributed by atoms with Crippen LogP contribution in [0.3, 0.4) is 0 Å². The number of ether oxygens (including phenoxy) is 3. The number of carbonyl (C=O) groups excluding carboxylic acids is 1. The Morgan fingerprint density at radius 1 is 1.26 bits per heavy atom. The van der Waals surface area contributed by atoms with Crippen LogP contribution in [-0.4, -0.2) is 41.3 Å². The number of rotatable bonds is 1. The monoisotopic (exact) mass is 370 g/mol. The topological polar surface area (TPSA) is 62.6 Å². The highest BCUT2D eigenvalue weighted by Crippen LogP contribution is 2.56. The Hall–Kier alpha value is -1.92. The number of hydrogen-bond donors (Lipinski definition) is 0. The number of carbonyl (C=O) groups is 1. The van der Waals surface area contributed by atoms with Crippen LogP contribution in [-0.2, 0) is 14.9 Å². The van der Waals surface area contributed by atoms with E-state index in [1.54, 1.807) is 6.20 Å². The molecule has 2 atom stereocenters. The molecule has 6 heteroatoms. The molecule has 5 rings (SSSR count). The van der Waals surface area contributed by atoms with E-state index in [2.05, 4.69) is 18.1 Å². The lowest BCUT2D eigenvalue weighted by molar-refractivity contribution is -0.199. The molecule has 1 aliphatic carbocycles. The molecule has 2 aliphatic heterocycles. The summed E-state index contributed by atoms with van der Waals surface area (Å²) in [5, 5.41) is 5.27. The SMILES string of the molecule is CC[C@@]12CCC3(C[C@@H]1CCOc1cc4c(cnn4C(C)=O)cc12)OCCO3. The summed E-state index contributed by atoms with van der Waals surface area (Å²) >= 11 is 0. The first kappa shape index (κ1) is 17.2. The summed E-state index contributed by atoms with van der Waals surface area (Å²) in [6.07, 6.45) is 6.70. The van der Waals surface area contributed by atoms with E-state index in [1.165, 1.54) is 17.2 Å². The van der Waals surface area contributed by atoms with Crippen LogP contribution in [0.5, 0.6) is 5.75 Å². The Labute approximate surface area is 158 Å². The Balaban J connectivity index is 1.63. The maximum Gasteiger partial charge on any atom is 0.244 e. The van der Waals surface area contributed by atoms with Crippen molar-refractivity contribution < 1.29 is 19.0 Å². The summed E-state index contributed by atoms with van der Waals surface area (Å²) in [7, 11) is 0. The van der Waals surface area contributed by atoms with Gasteiger partial charge in [0.25, 0.3) is 0 Å². The molecule has 1 spiro atoms. The van der Waals surface area contributed by atoms with Crippen LogP contribution >= 0.6 is 0 Å². The Kier molecular flexibility index (Phi) is 3.85. The van der Waals surface area contributed by atoms with E-state index in [9.17, 15) is 4.79 Å². The van der Waals surface area contributed by atoms with Crippen LogP contribution in [0.25, 0.3) is 10.9 Å². The summed E-state index contributed by atoms with van der Waals surface area (Å²) in [6, 6.07) is 4.21. The summed E-state index contributed by atoms with van der Waals surface area (Å²) in [5.74, 6) is 0.879. The van der Waals surface area contributed by atoms with Gasteiger partial charge < -0.3 is 14.2 Å². The fraction of sp³-hybridized carbons (Fsp3) is 0.619. The quantitative estimate of drug-likeness (QED) is 0.766. The second kappa shape index (κ2) is 6.04. The highest BCUT2D eigenvalue weighted by Gasteiger charge is 2.53. The molecule has 1 aromatic carbocycles. The molecule has 3 heterocycles. The van der Waals surface area contributed by atoms with E-state index < -0.39 is 5.79 Å². The Bertz CT molecular complexity index is 899. The van der Waals surface area contributed by atoms with Gasteiger partial charge in [-0.1, -0.05) is 6.92 Å². The van der Waals surface area contributed by atoms with E-state index in [0.29, 0.717) is 25.7 Å². The standard InChI is InChI=1S/C21H26N2O4/c1-3-20-5-6-21(26-8-9-27-21)12-16(20)4-7-25-19-11-18-15(10-17(19)20)13-22-23(18)14(2)24/h10-11,13,16H,3-9,12H2,1-2H3/t16-,20+/m0/s1. The molecule has 3 aliphatic rings. The van der Waals surface area contributed by atoms with Gasteiger partial charge in [-0.2, -0.15) is 5.10 Å². The lowest BCUT2D eigenvalue weighted by Crippen LogP contribution is -2.48. The minimum absolute atomic E-state index is 0.0545. The van der Waals surface area contributed by atoms with Gasteiger partial charge in [-0.25, -0.2) is 4.68 Å². The van der Waals surface area contributed by atoms with Gasteiger partial charge in [0, 0.05) is 42.2 Å². The van der Waals surface area contributed by atoms with Gasteiger partial charge >= 0.3 is 0 Å². The second-order valence-electron chi connectivity index (χ2n) is 8.14. The Morgan fingerprint density at radius 3 is 2.81 bits per heavy atom. The van der Waals surface area contributed by atoms with Crippen molar-refractivity contribution in [3.63, 3.8) is 0 Å². The highest BCUT2D eigenvalue weighted by atomic mass is 16.7. The number of nitrogens with zero attached hydrogens (tertiary/aromatic N) is 2. The molecule has 0 unspecified atom stereocenters. The molecule has 0 bridgehead atoms. The molecule has 0 radical (unpaired) electrons. The predicted molar refractivity (Wildman–Crippen MR) is 100 cm³/mol. The van der Waals surface area contributed by atoms with Crippen molar-refractivity contribution in [2.75, 3.05) is 19.8 Å². The molecule has 144 valence electrons. The first-order valence-electron chi connectivity index (χ1n) is 10.0. The maximum absolute atomic E-state index is 11.9. The molecule has 2 fully saturated rings. The van der Waals surface area contributed by atoms with Gasteiger partial charge in [-0.15, -0.1) is 0 Å². The summed E-state index contributed by atoms with van der Waals surface area (Å²) in [6.45, 7) is 5.88. The number of hydrogen-bond acceptors (Lipinski definition) is 5. The van der Waals surface area contributed by atoms with E-state index in [1.807, 2.05) is 6.07 Å². The number of fused-ring (bicyclic) bond motifs is 4. The van der Waals surface area contributed by atoms with Crippen LogP contribution in [0.4, 0.5) is 0 Å². The maximum atomic E-state index is 11.9. The molecule has 1 saturated heterocycles. The van der Waals surface area contributed by atoms with Crippen molar-refractivity contribution in [1.82, 2.24) is 9.78 Å². The Morgan fingerprint density at radius 2 is 2.07 bits per heavy atom. The zero-order chi connectivity index (χ0) is 18.6. The van der Waals surface area contributed by atoms with Gasteiger partial charge in [0.2, 0.25) is 5.91 Å². The summed E-state index contributed by atoms with van der Waals surface area (Å²) in [4.78, 5) is 11.9. The van der Waals surface area contributed by atoms with Gasteiger partial charge in [0.1, 0.15) is 5.75 Å². The predicted octanol–water partition coefficient (Wildman–Crippen LogP) is 3.67. The summed E-state index contributed by atoms with van der Waals surface area (Å²) < 4.78 is 19.7. The van der Waals surface area contributed by atoms with Crippen LogP contribution in [0, 0.1) is 5.92 Å². The van der Waals surface area contributed by atoms with Crippen LogP contribution in [0.15, 0.2) is 18.3 Å². The minimum Gasteiger partial charge on any atom is -0.493 e. The van der Waals surface area contributed by atoms with Gasteiger partial charge in [-0.05, 0) is 31.2 Å². The zero-order valence-corrected chi connectivity index (χ0v) is 16.0. The first-order valence-corrected chi connectivity index (χ1v) is 10.0. The normalized spacial score (nSPS) is 29.2. The van der Waals surface area contributed by atoms with E-state index in [0.717, 1.165) is 48.8 Å². The second-order valence-corrected chi connectivity index (χ2v) is 8.14. The van der Waals surface area contributed by atoms with Gasteiger partial charge in [-0.3, -0.25) is 4.79 Å². The third kappa shape index (κ3) is 2.46. The first-order chi connectivity index (χ1) is 13.1. The third-order valence-electron chi connectivity index (χ3n) is 6.96. The van der Waals surface area contributed by atoms with Crippen LogP contribution < -0.4 is 4.74 Å². The average molecular weight is 370 g/mol. The highest BCUT2D eigenvalue weighted by molar-refractivity contribution is 5.91. The molecule has 0 amide bonds. The van der Waals surface area contributed by atoms with Crippen molar-refractivity contribution in [3.8, 4) is 5.75 Å². The molecule has 2 aromatic rings. The smallest absolute Gasteiger partial charge is 0.244 e. The molecular formula is C21H26N2O4. The van der Waals surface area contributed by atoms with E-state index in [4.69, 9.17) is 14.2 Å². The van der Waals surface area contributed by atoms with Gasteiger partial charge in [0.05, 0.1) is 31.5 Å². The molecule has 1 saturated carbocycles. The van der Waals surface area contributed by atoms with E-state index in [-0.39, 0.29) is 11.3 Å². The van der Waals surface area contributed by atoms with Crippen molar-refractivity contribution in [1.29, 1.82) is 0 Å². The molecular weight excluding hydrogens is 344 g/mol. The van der Waals surface area contributed by atoms with Gasteiger partial charge in [0.15, 0.2) is 5.79 Å². The third-order valence-corrected chi connectivity index (χ3v) is 6.96. The van der Waals surface area contributed by atoms with Crippen molar-refractivity contribution in [2.24, 2.45) is 5.92 Å². The lowest BCUT2D eigenvalue weighted by Gasteiger charge is -2.49. The largest absolute Gasteiger partial charge is 0.493 e. The average Bonchev–Trinajstić information content (AvgIpc) is 3.25. The summed E-state index contributed by atoms with van der Waals surface area (Å²) in [5.41, 5.74) is 2.13. The van der Waals surface area contributed by atoms with Crippen molar-refractivity contribution in [2.45, 2.75) is 57.2 Å². The number of benzene rings is 1. The van der Waals surface area contributed by atoms with Crippen molar-refractivity contribution >= 4 is 16.8 Å². The van der Waals surface area contributed by atoms with Crippen LogP contribution in [0.1, 0.15) is 56.3 Å². The molecule has 0 N–H and O–H groups in total. The minimum atomic E-state index is -0.391. The molecule has 6 nitrogen and oxygen atoms in total. The lowest BCUT2D eigenvalue weighted by atomic mass is 9.59. The van der Waals surface area contributed by atoms with Crippen molar-refractivity contribution in [3.05, 3.63) is 23.9 Å². The van der Waals surface area contributed by atoms with Crippen LogP contribution in [0.2, 0.25) is 0 Å². The molecule has 27 heavy (non-hydrogen) atoms. The van der Waals surface area contributed by atoms with E-state index >= 15 is 0 Å². The number of aromatic nitrogens is 2.